The highest BCUT2D eigenvalue weighted by Gasteiger charge is 2.10. The van der Waals surface area contributed by atoms with Gasteiger partial charge in [-0.25, -0.2) is 13.6 Å². The Morgan fingerprint density at radius 2 is 2.12 bits per heavy atom. The number of aryl methyl sites for hydroxylation is 1. The smallest absolute Gasteiger partial charge is 0.238 e. The Bertz CT molecular complexity index is 521. The van der Waals surface area contributed by atoms with Crippen molar-refractivity contribution in [2.75, 3.05) is 6.61 Å². The van der Waals surface area contributed by atoms with Gasteiger partial charge in [-0.05, 0) is 42.7 Å². The summed E-state index contributed by atoms with van der Waals surface area (Å²) in [5, 5.41) is 5.04. The monoisotopic (exact) mass is 255 g/mol. The van der Waals surface area contributed by atoms with Crippen LogP contribution in [0.4, 0.5) is 0 Å². The Labute approximate surface area is 102 Å². The van der Waals surface area contributed by atoms with Crippen LogP contribution in [-0.4, -0.2) is 15.0 Å². The number of ether oxygens (including phenoxy) is 1. The van der Waals surface area contributed by atoms with Gasteiger partial charge in [-0.2, -0.15) is 0 Å². The number of benzene rings is 1. The molecule has 17 heavy (non-hydrogen) atoms. The summed E-state index contributed by atoms with van der Waals surface area (Å²) in [4.78, 5) is 0.0941. The summed E-state index contributed by atoms with van der Waals surface area (Å²) >= 11 is 0. The van der Waals surface area contributed by atoms with Crippen LogP contribution in [0.2, 0.25) is 0 Å². The van der Waals surface area contributed by atoms with Gasteiger partial charge in [0.05, 0.1) is 4.90 Å². The molecule has 0 fully saturated rings. The minimum absolute atomic E-state index is 0.0941. The van der Waals surface area contributed by atoms with Crippen molar-refractivity contribution in [3.63, 3.8) is 0 Å². The van der Waals surface area contributed by atoms with Crippen molar-refractivity contribution in [2.45, 2.75) is 25.2 Å². The van der Waals surface area contributed by atoms with E-state index in [-0.39, 0.29) is 4.90 Å². The van der Waals surface area contributed by atoms with Crippen LogP contribution >= 0.6 is 0 Å². The lowest BCUT2D eigenvalue weighted by atomic mass is 10.2. The fourth-order valence-electron chi connectivity index (χ4n) is 1.24. The molecule has 0 aliphatic heterocycles. The molecule has 5 heteroatoms. The van der Waals surface area contributed by atoms with Gasteiger partial charge in [-0.3, -0.25) is 0 Å². The zero-order chi connectivity index (χ0) is 13.1. The Hall–Kier alpha value is -1.33. The molecule has 94 valence electrons. The third-order valence-electron chi connectivity index (χ3n) is 2.41. The molecular weight excluding hydrogens is 238 g/mol. The van der Waals surface area contributed by atoms with E-state index in [1.54, 1.807) is 13.0 Å². The Morgan fingerprint density at radius 1 is 1.47 bits per heavy atom. The molecule has 1 aromatic carbocycles. The molecule has 0 spiro atoms. The molecule has 0 atom stereocenters. The van der Waals surface area contributed by atoms with E-state index in [0.717, 1.165) is 17.6 Å². The quantitative estimate of drug-likeness (QED) is 0.818. The van der Waals surface area contributed by atoms with Crippen molar-refractivity contribution in [1.29, 1.82) is 0 Å². The maximum absolute atomic E-state index is 11.1. The van der Waals surface area contributed by atoms with Crippen LogP contribution in [0.25, 0.3) is 0 Å². The third kappa shape index (κ3) is 3.87. The Morgan fingerprint density at radius 3 is 2.59 bits per heavy atom. The molecule has 0 radical (unpaired) electrons. The number of hydrogen-bond acceptors (Lipinski definition) is 3. The average molecular weight is 255 g/mol. The maximum atomic E-state index is 11.1. The summed E-state index contributed by atoms with van der Waals surface area (Å²) in [6, 6.07) is 4.55. The van der Waals surface area contributed by atoms with Gasteiger partial charge in [0.25, 0.3) is 0 Å². The molecule has 0 aliphatic rings. The lowest BCUT2D eigenvalue weighted by Crippen LogP contribution is -2.12. The van der Waals surface area contributed by atoms with E-state index in [1.165, 1.54) is 12.1 Å². The van der Waals surface area contributed by atoms with Crippen molar-refractivity contribution in [3.05, 3.63) is 35.9 Å². The van der Waals surface area contributed by atoms with E-state index in [9.17, 15) is 8.42 Å². The lowest BCUT2D eigenvalue weighted by molar-refractivity contribution is 0.346. The molecule has 4 nitrogen and oxygen atoms in total. The van der Waals surface area contributed by atoms with Crippen LogP contribution in [0.3, 0.4) is 0 Å². The molecule has 0 aromatic heterocycles. The number of sulfonamides is 1. The first kappa shape index (κ1) is 13.7. The summed E-state index contributed by atoms with van der Waals surface area (Å²) in [5.41, 5.74) is 1.72. The van der Waals surface area contributed by atoms with Crippen LogP contribution in [0.15, 0.2) is 35.2 Å². The van der Waals surface area contributed by atoms with Gasteiger partial charge < -0.3 is 4.74 Å². The van der Waals surface area contributed by atoms with Gasteiger partial charge in [-0.1, -0.05) is 13.5 Å². The molecular formula is C12H17NO3S. The first-order valence-corrected chi connectivity index (χ1v) is 6.82. The molecule has 1 aromatic rings. The van der Waals surface area contributed by atoms with Crippen LogP contribution in [-0.2, 0) is 10.0 Å². The zero-order valence-electron chi connectivity index (χ0n) is 10.1. The van der Waals surface area contributed by atoms with Crippen LogP contribution < -0.4 is 9.88 Å². The summed E-state index contributed by atoms with van der Waals surface area (Å²) in [6.45, 7) is 8.05. The molecule has 0 unspecified atom stereocenters. The minimum Gasteiger partial charge on any atom is -0.489 e. The molecule has 2 N–H and O–H groups in total. The fourth-order valence-corrected chi connectivity index (χ4v) is 1.84. The van der Waals surface area contributed by atoms with Crippen molar-refractivity contribution in [1.82, 2.24) is 0 Å². The largest absolute Gasteiger partial charge is 0.489 e. The van der Waals surface area contributed by atoms with Crippen LogP contribution in [0.1, 0.15) is 18.9 Å². The van der Waals surface area contributed by atoms with Crippen molar-refractivity contribution >= 4 is 10.0 Å². The molecule has 0 saturated heterocycles. The number of hydrogen-bond donors (Lipinski definition) is 1. The van der Waals surface area contributed by atoms with E-state index >= 15 is 0 Å². The highest BCUT2D eigenvalue weighted by Crippen LogP contribution is 2.21. The second-order valence-corrected chi connectivity index (χ2v) is 5.43. The van der Waals surface area contributed by atoms with Crippen molar-refractivity contribution in [3.8, 4) is 5.75 Å². The second-order valence-electron chi connectivity index (χ2n) is 3.86. The highest BCUT2D eigenvalue weighted by molar-refractivity contribution is 7.89. The van der Waals surface area contributed by atoms with Gasteiger partial charge in [0.15, 0.2) is 0 Å². The summed E-state index contributed by atoms with van der Waals surface area (Å²) in [5.74, 6) is 0.645. The standard InChI is InChI=1S/C12H17NO3S/c1-4-9(2)8-16-12-6-5-11(7-10(12)3)17(13,14)15/h5-7H,2,4,8H2,1,3H3,(H2,13,14,15). The number of nitrogens with two attached hydrogens (primary N) is 1. The van der Waals surface area contributed by atoms with Gasteiger partial charge in [0.1, 0.15) is 12.4 Å². The van der Waals surface area contributed by atoms with E-state index in [1.807, 2.05) is 6.92 Å². The lowest BCUT2D eigenvalue weighted by Gasteiger charge is -2.10. The van der Waals surface area contributed by atoms with E-state index in [0.29, 0.717) is 12.4 Å². The van der Waals surface area contributed by atoms with Crippen molar-refractivity contribution < 1.29 is 13.2 Å². The zero-order valence-corrected chi connectivity index (χ0v) is 10.9. The third-order valence-corrected chi connectivity index (χ3v) is 3.32. The van der Waals surface area contributed by atoms with Gasteiger partial charge in [0.2, 0.25) is 10.0 Å². The molecule has 0 bridgehead atoms. The molecule has 0 aliphatic carbocycles. The Kier molecular flexibility index (Phi) is 4.31. The molecule has 0 heterocycles. The number of primary sulfonamides is 1. The van der Waals surface area contributed by atoms with Gasteiger partial charge in [0, 0.05) is 0 Å². The fraction of sp³-hybridized carbons (Fsp3) is 0.333. The van der Waals surface area contributed by atoms with E-state index in [4.69, 9.17) is 9.88 Å². The first-order chi connectivity index (χ1) is 7.84. The minimum atomic E-state index is -3.65. The summed E-state index contributed by atoms with van der Waals surface area (Å²) in [6.07, 6.45) is 0.855. The van der Waals surface area contributed by atoms with Crippen LogP contribution in [0.5, 0.6) is 5.75 Å². The first-order valence-electron chi connectivity index (χ1n) is 5.27. The predicted octanol–water partition coefficient (Wildman–Crippen LogP) is 1.99. The summed E-state index contributed by atoms with van der Waals surface area (Å²) in [7, 11) is -3.65. The molecule has 0 amide bonds. The maximum Gasteiger partial charge on any atom is 0.238 e. The van der Waals surface area contributed by atoms with E-state index < -0.39 is 10.0 Å². The Balaban J connectivity index is 2.88. The normalized spacial score (nSPS) is 11.2. The summed E-state index contributed by atoms with van der Waals surface area (Å²) < 4.78 is 27.8. The predicted molar refractivity (Wildman–Crippen MR) is 67.5 cm³/mol. The van der Waals surface area contributed by atoms with Crippen LogP contribution in [0, 0.1) is 6.92 Å². The topological polar surface area (TPSA) is 69.4 Å². The second kappa shape index (κ2) is 5.33. The number of rotatable bonds is 5. The SMILES string of the molecule is C=C(CC)COc1ccc(S(N)(=O)=O)cc1C. The van der Waals surface area contributed by atoms with Gasteiger partial charge >= 0.3 is 0 Å². The average Bonchev–Trinajstić information content (AvgIpc) is 2.25. The van der Waals surface area contributed by atoms with Crippen molar-refractivity contribution in [2.24, 2.45) is 5.14 Å². The molecule has 0 saturated carbocycles. The van der Waals surface area contributed by atoms with Gasteiger partial charge in [-0.15, -0.1) is 0 Å². The molecule has 1 rings (SSSR count). The highest BCUT2D eigenvalue weighted by atomic mass is 32.2. The van der Waals surface area contributed by atoms with E-state index in [2.05, 4.69) is 6.58 Å².